The predicted molar refractivity (Wildman–Crippen MR) is 206 cm³/mol. The minimum Gasteiger partial charge on any atom is -0.113 e. The SMILES string of the molecule is CCCCC/C=C\C/C=C\CCCCCCCC/C([B]CCCCCCC/C=C\CC/C=C\CCCCC)=C\CCCCC. The lowest BCUT2D eigenvalue weighted by molar-refractivity contribution is 0.597. The molecule has 0 saturated heterocycles. The van der Waals surface area contributed by atoms with Crippen LogP contribution in [0.3, 0.4) is 0 Å². The van der Waals surface area contributed by atoms with Crippen LogP contribution in [0, 0.1) is 0 Å². The summed E-state index contributed by atoms with van der Waals surface area (Å²) < 4.78 is 0. The van der Waals surface area contributed by atoms with Crippen molar-refractivity contribution in [3.63, 3.8) is 0 Å². The van der Waals surface area contributed by atoms with Crippen molar-refractivity contribution in [3.05, 3.63) is 60.2 Å². The summed E-state index contributed by atoms with van der Waals surface area (Å²) in [4.78, 5) is 0. The zero-order valence-electron chi connectivity index (χ0n) is 30.5. The zero-order chi connectivity index (χ0) is 31.9. The minimum atomic E-state index is 1.12. The largest absolute Gasteiger partial charge is 0.145 e. The molecule has 0 aromatic heterocycles. The van der Waals surface area contributed by atoms with Gasteiger partial charge in [0.1, 0.15) is 7.28 Å². The topological polar surface area (TPSA) is 0 Å². The highest BCUT2D eigenvalue weighted by Gasteiger charge is 2.02. The lowest BCUT2D eigenvalue weighted by atomic mass is 9.63. The van der Waals surface area contributed by atoms with Crippen molar-refractivity contribution in [2.45, 2.75) is 213 Å². The maximum atomic E-state index is 2.60. The molecule has 1 radical (unpaired) electrons. The van der Waals surface area contributed by atoms with Crippen LogP contribution in [0.5, 0.6) is 0 Å². The smallest absolute Gasteiger partial charge is 0.113 e. The third kappa shape index (κ3) is 37.0. The molecule has 0 amide bonds. The Balaban J connectivity index is 3.79. The molecule has 44 heavy (non-hydrogen) atoms. The maximum absolute atomic E-state index is 2.60. The number of hydrogen-bond acceptors (Lipinski definition) is 0. The highest BCUT2D eigenvalue weighted by molar-refractivity contribution is 6.45. The van der Waals surface area contributed by atoms with Gasteiger partial charge >= 0.3 is 0 Å². The molecule has 0 rings (SSSR count). The van der Waals surface area contributed by atoms with Crippen LogP contribution in [0.15, 0.2) is 60.2 Å². The van der Waals surface area contributed by atoms with Gasteiger partial charge in [-0.05, 0) is 89.9 Å². The first-order valence-corrected chi connectivity index (χ1v) is 20.0. The summed E-state index contributed by atoms with van der Waals surface area (Å²) in [5.41, 5.74) is 1.66. The highest BCUT2D eigenvalue weighted by atomic mass is 14.0. The van der Waals surface area contributed by atoms with Gasteiger partial charge in [0.05, 0.1) is 0 Å². The molecule has 0 unspecified atom stereocenters. The molecule has 1 heteroatoms. The molecule has 0 saturated carbocycles. The van der Waals surface area contributed by atoms with Crippen molar-refractivity contribution in [2.75, 3.05) is 0 Å². The first-order valence-electron chi connectivity index (χ1n) is 20.0. The first kappa shape index (κ1) is 42.8. The molecule has 0 bridgehead atoms. The Morgan fingerprint density at radius 3 is 1.27 bits per heavy atom. The van der Waals surface area contributed by atoms with Crippen LogP contribution in [0.4, 0.5) is 0 Å². The van der Waals surface area contributed by atoms with E-state index in [0.29, 0.717) is 0 Å². The summed E-state index contributed by atoms with van der Waals surface area (Å²) >= 11 is 0. The Morgan fingerprint density at radius 2 is 0.750 bits per heavy atom. The Morgan fingerprint density at radius 1 is 0.364 bits per heavy atom. The monoisotopic (exact) mass is 606 g/mol. The quantitative estimate of drug-likeness (QED) is 0.0383. The van der Waals surface area contributed by atoms with Gasteiger partial charge in [0.25, 0.3) is 0 Å². The maximum Gasteiger partial charge on any atom is 0.145 e. The van der Waals surface area contributed by atoms with Crippen LogP contribution in [0.2, 0.25) is 6.32 Å². The average molecular weight is 606 g/mol. The van der Waals surface area contributed by atoms with E-state index in [2.05, 4.69) is 82.7 Å². The Hall–Kier alpha value is -1.24. The molecule has 0 aromatic carbocycles. The molecule has 0 heterocycles. The lowest BCUT2D eigenvalue weighted by Crippen LogP contribution is -1.98. The second kappa shape index (κ2) is 39.8. The number of unbranched alkanes of at least 4 members (excludes halogenated alkanes) is 21. The second-order valence-electron chi connectivity index (χ2n) is 13.2. The normalized spacial score (nSPS) is 12.7. The fraction of sp³-hybridized carbons (Fsp3) is 0.767. The minimum absolute atomic E-state index is 1.12. The van der Waals surface area contributed by atoms with Gasteiger partial charge in [0, 0.05) is 0 Å². The first-order chi connectivity index (χ1) is 21.8. The van der Waals surface area contributed by atoms with Crippen molar-refractivity contribution >= 4 is 7.28 Å². The van der Waals surface area contributed by atoms with Gasteiger partial charge in [-0.15, -0.1) is 5.47 Å². The van der Waals surface area contributed by atoms with Gasteiger partial charge in [0.2, 0.25) is 0 Å². The van der Waals surface area contributed by atoms with Crippen molar-refractivity contribution in [1.29, 1.82) is 0 Å². The predicted octanol–water partition coefficient (Wildman–Crippen LogP) is 15.6. The fourth-order valence-electron chi connectivity index (χ4n) is 5.69. The van der Waals surface area contributed by atoms with Crippen molar-refractivity contribution < 1.29 is 0 Å². The van der Waals surface area contributed by atoms with E-state index in [4.69, 9.17) is 0 Å². The van der Waals surface area contributed by atoms with Gasteiger partial charge < -0.3 is 0 Å². The summed E-state index contributed by atoms with van der Waals surface area (Å²) in [5.74, 6) is 0. The van der Waals surface area contributed by atoms with Crippen LogP contribution in [-0.2, 0) is 0 Å². The van der Waals surface area contributed by atoms with Crippen molar-refractivity contribution in [3.8, 4) is 0 Å². The van der Waals surface area contributed by atoms with Crippen LogP contribution < -0.4 is 0 Å². The standard InChI is InChI=1S/C43H78B/c1-4-7-10-13-15-17-19-21-23-25-27-29-31-33-35-38-41-43(40-37-12-9-6-3)44-42-39-36-34-32-30-28-26-24-22-20-18-16-14-11-8-5-2/h15-18,21,23-24,26,40H,4-14,19-20,22,25,27-39,41-42H2,1-3H3/b17-15-,18-16-,23-21-,26-24-,43-40+. The van der Waals surface area contributed by atoms with E-state index in [1.165, 1.54) is 186 Å². The molecule has 0 atom stereocenters. The Labute approximate surface area is 280 Å². The van der Waals surface area contributed by atoms with E-state index in [-0.39, 0.29) is 0 Å². The van der Waals surface area contributed by atoms with E-state index in [1.54, 1.807) is 5.47 Å². The van der Waals surface area contributed by atoms with Gasteiger partial charge in [0.15, 0.2) is 0 Å². The fourth-order valence-corrected chi connectivity index (χ4v) is 5.69. The van der Waals surface area contributed by atoms with Crippen molar-refractivity contribution in [1.82, 2.24) is 0 Å². The van der Waals surface area contributed by atoms with E-state index in [9.17, 15) is 0 Å². The molecule has 0 aliphatic rings. The molecular formula is C43H78B. The molecule has 0 nitrogen and oxygen atoms in total. The van der Waals surface area contributed by atoms with E-state index in [0.717, 1.165) is 6.42 Å². The summed E-state index contributed by atoms with van der Waals surface area (Å²) in [6.07, 6.45) is 61.5. The molecule has 253 valence electrons. The molecule has 0 N–H and O–H groups in total. The summed E-state index contributed by atoms with van der Waals surface area (Å²) in [6, 6.07) is 0. The second-order valence-corrected chi connectivity index (χ2v) is 13.2. The molecule has 0 aliphatic carbocycles. The molecule has 0 aromatic rings. The molecule has 0 aliphatic heterocycles. The third-order valence-electron chi connectivity index (χ3n) is 8.67. The van der Waals surface area contributed by atoms with Crippen LogP contribution >= 0.6 is 0 Å². The summed E-state index contributed by atoms with van der Waals surface area (Å²) in [6.45, 7) is 6.86. The lowest BCUT2D eigenvalue weighted by Gasteiger charge is -2.08. The molecule has 0 spiro atoms. The van der Waals surface area contributed by atoms with E-state index < -0.39 is 0 Å². The third-order valence-corrected chi connectivity index (χ3v) is 8.67. The van der Waals surface area contributed by atoms with Gasteiger partial charge in [-0.2, -0.15) is 0 Å². The van der Waals surface area contributed by atoms with Gasteiger partial charge in [-0.1, -0.05) is 178 Å². The Bertz CT molecular complexity index is 679. The number of allylic oxidation sites excluding steroid dienone is 10. The van der Waals surface area contributed by atoms with E-state index >= 15 is 0 Å². The van der Waals surface area contributed by atoms with Crippen molar-refractivity contribution in [2.24, 2.45) is 0 Å². The number of hydrogen-bond donors (Lipinski definition) is 0. The molecular weight excluding hydrogens is 527 g/mol. The average Bonchev–Trinajstić information content (AvgIpc) is 3.03. The van der Waals surface area contributed by atoms with Gasteiger partial charge in [-0.3, -0.25) is 0 Å². The summed E-state index contributed by atoms with van der Waals surface area (Å²) in [7, 11) is 2.60. The number of rotatable bonds is 35. The van der Waals surface area contributed by atoms with Crippen LogP contribution in [0.25, 0.3) is 0 Å². The van der Waals surface area contributed by atoms with Gasteiger partial charge in [-0.25, -0.2) is 0 Å². The van der Waals surface area contributed by atoms with Crippen LogP contribution in [0.1, 0.15) is 207 Å². The highest BCUT2D eigenvalue weighted by Crippen LogP contribution is 2.16. The van der Waals surface area contributed by atoms with E-state index in [1.807, 2.05) is 0 Å². The zero-order valence-corrected chi connectivity index (χ0v) is 30.5. The Kier molecular flexibility index (Phi) is 38.7. The van der Waals surface area contributed by atoms with Crippen LogP contribution in [-0.4, -0.2) is 7.28 Å². The summed E-state index contributed by atoms with van der Waals surface area (Å²) in [5, 5.41) is 0. The molecule has 0 fully saturated rings.